The van der Waals surface area contributed by atoms with Crippen LogP contribution in [-0.4, -0.2) is 16.6 Å². The molecule has 1 aromatic heterocycles. The molecule has 0 spiro atoms. The molecule has 0 bridgehead atoms. The van der Waals surface area contributed by atoms with Gasteiger partial charge in [0, 0.05) is 17.3 Å². The van der Waals surface area contributed by atoms with Crippen LogP contribution in [0.25, 0.3) is 0 Å². The molecule has 0 fully saturated rings. The van der Waals surface area contributed by atoms with E-state index >= 15 is 0 Å². The summed E-state index contributed by atoms with van der Waals surface area (Å²) >= 11 is 0. The zero-order valence-corrected chi connectivity index (χ0v) is 12.5. The first-order valence-corrected chi connectivity index (χ1v) is 6.82. The van der Waals surface area contributed by atoms with E-state index in [1.807, 2.05) is 37.3 Å². The maximum atomic E-state index is 5.42. The summed E-state index contributed by atoms with van der Waals surface area (Å²) in [6, 6.07) is 9.70. The number of anilines is 2. The van der Waals surface area contributed by atoms with Crippen molar-refractivity contribution in [1.29, 1.82) is 0 Å². The Morgan fingerprint density at radius 1 is 1.10 bits per heavy atom. The SMILES string of the molecule is CCOc1ccc(Nc2ccnc(C(C)(C)C)n2)cc1. The molecule has 0 saturated heterocycles. The van der Waals surface area contributed by atoms with Crippen molar-refractivity contribution in [3.63, 3.8) is 0 Å². The minimum Gasteiger partial charge on any atom is -0.494 e. The largest absolute Gasteiger partial charge is 0.494 e. The second-order valence-corrected chi connectivity index (χ2v) is 5.60. The lowest BCUT2D eigenvalue weighted by Gasteiger charge is -2.17. The summed E-state index contributed by atoms with van der Waals surface area (Å²) in [5.41, 5.74) is 0.920. The Bertz CT molecular complexity index is 559. The van der Waals surface area contributed by atoms with Crippen LogP contribution in [0.4, 0.5) is 11.5 Å². The second kappa shape index (κ2) is 5.90. The predicted molar refractivity (Wildman–Crippen MR) is 81.6 cm³/mol. The van der Waals surface area contributed by atoms with Gasteiger partial charge in [-0.25, -0.2) is 9.97 Å². The third kappa shape index (κ3) is 3.70. The van der Waals surface area contributed by atoms with Crippen molar-refractivity contribution in [2.24, 2.45) is 0 Å². The van der Waals surface area contributed by atoms with Crippen LogP contribution in [0, 0.1) is 0 Å². The first kappa shape index (κ1) is 14.3. The molecule has 4 heteroatoms. The highest BCUT2D eigenvalue weighted by Crippen LogP contribution is 2.22. The molecule has 0 saturated carbocycles. The van der Waals surface area contributed by atoms with E-state index < -0.39 is 0 Å². The Morgan fingerprint density at radius 2 is 1.80 bits per heavy atom. The Morgan fingerprint density at radius 3 is 2.40 bits per heavy atom. The van der Waals surface area contributed by atoms with Crippen LogP contribution in [0.2, 0.25) is 0 Å². The van der Waals surface area contributed by atoms with Crippen molar-refractivity contribution in [2.45, 2.75) is 33.1 Å². The minimum absolute atomic E-state index is 0.0590. The quantitative estimate of drug-likeness (QED) is 0.915. The van der Waals surface area contributed by atoms with Crippen molar-refractivity contribution >= 4 is 11.5 Å². The molecule has 106 valence electrons. The second-order valence-electron chi connectivity index (χ2n) is 5.60. The zero-order chi connectivity index (χ0) is 14.6. The van der Waals surface area contributed by atoms with Gasteiger partial charge >= 0.3 is 0 Å². The molecule has 4 nitrogen and oxygen atoms in total. The average molecular weight is 271 g/mol. The topological polar surface area (TPSA) is 47.0 Å². The molecular formula is C16H21N3O. The maximum Gasteiger partial charge on any atom is 0.135 e. The lowest BCUT2D eigenvalue weighted by atomic mass is 9.96. The van der Waals surface area contributed by atoms with E-state index in [-0.39, 0.29) is 5.41 Å². The molecule has 20 heavy (non-hydrogen) atoms. The van der Waals surface area contributed by atoms with Crippen LogP contribution in [-0.2, 0) is 5.41 Å². The van der Waals surface area contributed by atoms with Gasteiger partial charge in [-0.2, -0.15) is 0 Å². The highest BCUT2D eigenvalue weighted by Gasteiger charge is 2.17. The first-order valence-electron chi connectivity index (χ1n) is 6.82. The van der Waals surface area contributed by atoms with Crippen LogP contribution in [0.15, 0.2) is 36.5 Å². The summed E-state index contributed by atoms with van der Waals surface area (Å²) in [4.78, 5) is 8.86. The summed E-state index contributed by atoms with van der Waals surface area (Å²) in [5, 5.41) is 3.28. The molecule has 0 atom stereocenters. The molecule has 0 aliphatic carbocycles. The molecule has 0 amide bonds. The molecule has 2 rings (SSSR count). The fraction of sp³-hybridized carbons (Fsp3) is 0.375. The number of nitrogens with zero attached hydrogens (tertiary/aromatic N) is 2. The van der Waals surface area contributed by atoms with Crippen molar-refractivity contribution in [1.82, 2.24) is 9.97 Å². The van der Waals surface area contributed by atoms with E-state index in [2.05, 4.69) is 36.1 Å². The highest BCUT2D eigenvalue weighted by molar-refractivity contribution is 5.56. The fourth-order valence-electron chi connectivity index (χ4n) is 1.74. The highest BCUT2D eigenvalue weighted by atomic mass is 16.5. The van der Waals surface area contributed by atoms with Gasteiger partial charge in [-0.1, -0.05) is 20.8 Å². The number of aromatic nitrogens is 2. The number of hydrogen-bond acceptors (Lipinski definition) is 4. The summed E-state index contributed by atoms with van der Waals surface area (Å²) in [6.07, 6.45) is 1.78. The van der Waals surface area contributed by atoms with Crippen molar-refractivity contribution < 1.29 is 4.74 Å². The Kier molecular flexibility index (Phi) is 4.23. The molecule has 1 heterocycles. The van der Waals surface area contributed by atoms with Crippen LogP contribution < -0.4 is 10.1 Å². The van der Waals surface area contributed by atoms with Crippen LogP contribution in [0.3, 0.4) is 0 Å². The van der Waals surface area contributed by atoms with Gasteiger partial charge in [0.25, 0.3) is 0 Å². The summed E-state index contributed by atoms with van der Waals surface area (Å²) < 4.78 is 5.42. The molecule has 1 aromatic carbocycles. The smallest absolute Gasteiger partial charge is 0.135 e. The van der Waals surface area contributed by atoms with Crippen molar-refractivity contribution in [3.8, 4) is 5.75 Å². The number of ether oxygens (including phenoxy) is 1. The molecule has 0 unspecified atom stereocenters. The van der Waals surface area contributed by atoms with Crippen molar-refractivity contribution in [2.75, 3.05) is 11.9 Å². The summed E-state index contributed by atoms with van der Waals surface area (Å²) in [6.45, 7) is 8.95. The van der Waals surface area contributed by atoms with Gasteiger partial charge in [0.2, 0.25) is 0 Å². The van der Waals surface area contributed by atoms with E-state index in [1.54, 1.807) is 6.20 Å². The standard InChI is InChI=1S/C16H21N3O/c1-5-20-13-8-6-12(7-9-13)18-14-10-11-17-15(19-14)16(2,3)4/h6-11H,5H2,1-4H3,(H,17,18,19). The predicted octanol–water partition coefficient (Wildman–Crippen LogP) is 3.92. The summed E-state index contributed by atoms with van der Waals surface area (Å²) in [7, 11) is 0. The van der Waals surface area contributed by atoms with Gasteiger partial charge in [0.15, 0.2) is 0 Å². The number of rotatable bonds is 4. The van der Waals surface area contributed by atoms with Gasteiger partial charge in [-0.15, -0.1) is 0 Å². The molecule has 0 aliphatic rings. The Balaban J connectivity index is 2.13. The van der Waals surface area contributed by atoms with Gasteiger partial charge in [-0.3, -0.25) is 0 Å². The van der Waals surface area contributed by atoms with Gasteiger partial charge in [0.05, 0.1) is 6.61 Å². The van der Waals surface area contributed by atoms with E-state index in [4.69, 9.17) is 4.74 Å². The Labute approximate surface area is 120 Å². The van der Waals surface area contributed by atoms with Gasteiger partial charge in [-0.05, 0) is 37.3 Å². The monoisotopic (exact) mass is 271 g/mol. The maximum absolute atomic E-state index is 5.42. The lowest BCUT2D eigenvalue weighted by molar-refractivity contribution is 0.340. The van der Waals surface area contributed by atoms with Crippen molar-refractivity contribution in [3.05, 3.63) is 42.4 Å². The van der Waals surface area contributed by atoms with E-state index in [9.17, 15) is 0 Å². The van der Waals surface area contributed by atoms with Crippen LogP contribution >= 0.6 is 0 Å². The van der Waals surface area contributed by atoms with E-state index in [0.29, 0.717) is 6.61 Å². The van der Waals surface area contributed by atoms with Crippen LogP contribution in [0.1, 0.15) is 33.5 Å². The molecule has 0 radical (unpaired) electrons. The fourth-order valence-corrected chi connectivity index (χ4v) is 1.74. The summed E-state index contributed by atoms with van der Waals surface area (Å²) in [5.74, 6) is 2.50. The molecule has 2 aromatic rings. The number of benzene rings is 1. The molecular weight excluding hydrogens is 250 g/mol. The van der Waals surface area contributed by atoms with E-state index in [1.165, 1.54) is 0 Å². The average Bonchev–Trinajstić information content (AvgIpc) is 2.41. The lowest BCUT2D eigenvalue weighted by Crippen LogP contribution is -2.16. The minimum atomic E-state index is -0.0590. The normalized spacial score (nSPS) is 11.2. The third-order valence-corrected chi connectivity index (χ3v) is 2.76. The first-order chi connectivity index (χ1) is 9.49. The number of nitrogens with one attached hydrogen (secondary N) is 1. The zero-order valence-electron chi connectivity index (χ0n) is 12.5. The van der Waals surface area contributed by atoms with Gasteiger partial charge < -0.3 is 10.1 Å². The third-order valence-electron chi connectivity index (χ3n) is 2.76. The number of hydrogen-bond donors (Lipinski definition) is 1. The van der Waals surface area contributed by atoms with E-state index in [0.717, 1.165) is 23.1 Å². The van der Waals surface area contributed by atoms with Gasteiger partial charge in [0.1, 0.15) is 17.4 Å². The van der Waals surface area contributed by atoms with Crippen LogP contribution in [0.5, 0.6) is 5.75 Å². The molecule has 1 N–H and O–H groups in total. The Hall–Kier alpha value is -2.10. The molecule has 0 aliphatic heterocycles.